The van der Waals surface area contributed by atoms with Crippen LogP contribution in [0, 0.1) is 11.3 Å². The van der Waals surface area contributed by atoms with Gasteiger partial charge in [0.2, 0.25) is 0 Å². The molecule has 1 aromatic heterocycles. The summed E-state index contributed by atoms with van der Waals surface area (Å²) >= 11 is 7.59. The lowest BCUT2D eigenvalue weighted by Gasteiger charge is -2.12. The van der Waals surface area contributed by atoms with Crippen molar-refractivity contribution in [1.29, 1.82) is 5.26 Å². The van der Waals surface area contributed by atoms with Crippen molar-refractivity contribution in [3.8, 4) is 11.8 Å². The second-order valence-corrected chi connectivity index (χ2v) is 5.69. The summed E-state index contributed by atoms with van der Waals surface area (Å²) in [5.41, 5.74) is 1.57. The van der Waals surface area contributed by atoms with Crippen molar-refractivity contribution in [2.45, 2.75) is 19.9 Å². The molecule has 0 aliphatic carbocycles. The number of benzene rings is 1. The van der Waals surface area contributed by atoms with Gasteiger partial charge in [0.1, 0.15) is 11.8 Å². The van der Waals surface area contributed by atoms with E-state index in [1.54, 1.807) is 11.3 Å². The zero-order chi connectivity index (χ0) is 14.4. The molecule has 0 bridgehead atoms. The second kappa shape index (κ2) is 7.18. The van der Waals surface area contributed by atoms with Crippen molar-refractivity contribution in [2.75, 3.05) is 11.9 Å². The molecular weight excluding hydrogens is 292 g/mol. The molecule has 0 atom stereocenters. The number of ether oxygens (including phenoxy) is 1. The maximum atomic E-state index is 8.81. The first-order valence-electron chi connectivity index (χ1n) is 6.36. The number of hydrogen-bond donors (Lipinski definition) is 1. The van der Waals surface area contributed by atoms with Gasteiger partial charge in [-0.25, -0.2) is 0 Å². The quantitative estimate of drug-likeness (QED) is 0.843. The Labute approximate surface area is 127 Å². The maximum Gasteiger partial charge on any atom is 0.142 e. The second-order valence-electron chi connectivity index (χ2n) is 4.26. The zero-order valence-corrected chi connectivity index (χ0v) is 12.7. The molecule has 20 heavy (non-hydrogen) atoms. The molecule has 0 aliphatic rings. The zero-order valence-electron chi connectivity index (χ0n) is 11.1. The topological polar surface area (TPSA) is 45.0 Å². The first kappa shape index (κ1) is 14.7. The summed E-state index contributed by atoms with van der Waals surface area (Å²) < 4.78 is 5.69. The number of nitrogens with one attached hydrogen (secondary N) is 1. The summed E-state index contributed by atoms with van der Waals surface area (Å²) in [6.45, 7) is 3.39. The molecular formula is C15H15ClN2OS. The van der Waals surface area contributed by atoms with Crippen molar-refractivity contribution in [2.24, 2.45) is 0 Å². The van der Waals surface area contributed by atoms with E-state index in [0.717, 1.165) is 22.7 Å². The Kier molecular flexibility index (Phi) is 5.28. The molecule has 0 fully saturated rings. The molecule has 0 saturated heterocycles. The van der Waals surface area contributed by atoms with Gasteiger partial charge in [-0.15, -0.1) is 11.3 Å². The van der Waals surface area contributed by atoms with E-state index in [0.29, 0.717) is 23.7 Å². The fraction of sp³-hybridized carbons (Fsp3) is 0.267. The molecule has 2 aromatic rings. The molecule has 0 amide bonds. The highest BCUT2D eigenvalue weighted by molar-refractivity contribution is 7.10. The predicted molar refractivity (Wildman–Crippen MR) is 83.6 cm³/mol. The average molecular weight is 307 g/mol. The van der Waals surface area contributed by atoms with E-state index in [4.69, 9.17) is 21.6 Å². The van der Waals surface area contributed by atoms with Crippen LogP contribution in [0.25, 0.3) is 0 Å². The van der Waals surface area contributed by atoms with Gasteiger partial charge in [-0.2, -0.15) is 5.26 Å². The summed E-state index contributed by atoms with van der Waals surface area (Å²) in [7, 11) is 0. The van der Waals surface area contributed by atoms with Crippen LogP contribution >= 0.6 is 22.9 Å². The summed E-state index contributed by atoms with van der Waals surface area (Å²) in [4.78, 5) is 1.10. The Morgan fingerprint density at radius 1 is 1.40 bits per heavy atom. The molecule has 1 N–H and O–H groups in total. The third kappa shape index (κ3) is 3.89. The number of rotatable bonds is 6. The Bertz CT molecular complexity index is 619. The lowest BCUT2D eigenvalue weighted by Crippen LogP contribution is -2.02. The minimum Gasteiger partial charge on any atom is -0.491 e. The van der Waals surface area contributed by atoms with Gasteiger partial charge in [0.15, 0.2) is 0 Å². The Balaban J connectivity index is 2.07. The minimum absolute atomic E-state index is 0.648. The van der Waals surface area contributed by atoms with E-state index >= 15 is 0 Å². The van der Waals surface area contributed by atoms with Crippen LogP contribution in [0.1, 0.15) is 23.8 Å². The Hall–Kier alpha value is -1.70. The van der Waals surface area contributed by atoms with Crippen molar-refractivity contribution in [3.05, 3.63) is 45.1 Å². The van der Waals surface area contributed by atoms with E-state index in [2.05, 4.69) is 18.3 Å². The molecule has 0 aliphatic heterocycles. The van der Waals surface area contributed by atoms with Crippen molar-refractivity contribution in [3.63, 3.8) is 0 Å². The molecule has 1 heterocycles. The summed E-state index contributed by atoms with van der Waals surface area (Å²) in [6, 6.07) is 9.55. The van der Waals surface area contributed by atoms with Crippen LogP contribution < -0.4 is 10.1 Å². The van der Waals surface area contributed by atoms with Gasteiger partial charge in [-0.3, -0.25) is 0 Å². The lowest BCUT2D eigenvalue weighted by atomic mass is 10.2. The standard InChI is InChI=1S/C15H15ClN2OS/c1-2-5-19-15-4-3-12(16)7-14(15)18-9-13-6-11(8-17)10-20-13/h3-4,6-7,10,18H,2,5,9H2,1H3. The van der Waals surface area contributed by atoms with Crippen molar-refractivity contribution in [1.82, 2.24) is 0 Å². The van der Waals surface area contributed by atoms with Crippen LogP contribution in [-0.4, -0.2) is 6.61 Å². The van der Waals surface area contributed by atoms with E-state index in [-0.39, 0.29) is 0 Å². The molecule has 104 valence electrons. The van der Waals surface area contributed by atoms with Gasteiger partial charge >= 0.3 is 0 Å². The van der Waals surface area contributed by atoms with Crippen LogP contribution in [0.3, 0.4) is 0 Å². The predicted octanol–water partition coefficient (Wildman–Crippen LogP) is 4.67. The maximum absolute atomic E-state index is 8.81. The van der Waals surface area contributed by atoms with Crippen molar-refractivity contribution < 1.29 is 4.74 Å². The van der Waals surface area contributed by atoms with Gasteiger partial charge in [0, 0.05) is 21.8 Å². The van der Waals surface area contributed by atoms with Crippen LogP contribution in [-0.2, 0) is 6.54 Å². The third-order valence-corrected chi connectivity index (χ3v) is 3.81. The minimum atomic E-state index is 0.648. The largest absolute Gasteiger partial charge is 0.491 e. The number of hydrogen-bond acceptors (Lipinski definition) is 4. The smallest absolute Gasteiger partial charge is 0.142 e. The Morgan fingerprint density at radius 2 is 2.25 bits per heavy atom. The molecule has 0 spiro atoms. The average Bonchev–Trinajstić information content (AvgIpc) is 2.92. The molecule has 0 radical (unpaired) electrons. The van der Waals surface area contributed by atoms with E-state index in [9.17, 15) is 0 Å². The van der Waals surface area contributed by atoms with Gasteiger partial charge in [0.25, 0.3) is 0 Å². The number of halogens is 1. The van der Waals surface area contributed by atoms with E-state index < -0.39 is 0 Å². The molecule has 0 saturated carbocycles. The number of anilines is 1. The Morgan fingerprint density at radius 3 is 2.95 bits per heavy atom. The van der Waals surface area contributed by atoms with Crippen LogP contribution in [0.5, 0.6) is 5.75 Å². The van der Waals surface area contributed by atoms with Gasteiger partial charge in [0.05, 0.1) is 17.9 Å². The first-order valence-corrected chi connectivity index (χ1v) is 7.62. The molecule has 2 rings (SSSR count). The summed E-state index contributed by atoms with van der Waals surface area (Å²) in [5.74, 6) is 0.799. The fourth-order valence-electron chi connectivity index (χ4n) is 1.69. The van der Waals surface area contributed by atoms with E-state index in [1.165, 1.54) is 0 Å². The molecule has 0 unspecified atom stereocenters. The number of thiophene rings is 1. The SMILES string of the molecule is CCCOc1ccc(Cl)cc1NCc1cc(C#N)cs1. The van der Waals surface area contributed by atoms with Crippen LogP contribution in [0.2, 0.25) is 5.02 Å². The lowest BCUT2D eigenvalue weighted by molar-refractivity contribution is 0.319. The fourth-order valence-corrected chi connectivity index (χ4v) is 2.61. The van der Waals surface area contributed by atoms with Crippen molar-refractivity contribution >= 4 is 28.6 Å². The summed E-state index contributed by atoms with van der Waals surface area (Å²) in [5, 5.41) is 14.6. The highest BCUT2D eigenvalue weighted by Crippen LogP contribution is 2.29. The van der Waals surface area contributed by atoms with Gasteiger partial charge in [-0.05, 0) is 30.7 Å². The third-order valence-electron chi connectivity index (χ3n) is 2.64. The van der Waals surface area contributed by atoms with E-state index in [1.807, 2.05) is 29.6 Å². The number of nitrogens with zero attached hydrogens (tertiary/aromatic N) is 1. The monoisotopic (exact) mass is 306 g/mol. The molecule has 5 heteroatoms. The van der Waals surface area contributed by atoms with Crippen LogP contribution in [0.4, 0.5) is 5.69 Å². The highest BCUT2D eigenvalue weighted by Gasteiger charge is 2.06. The van der Waals surface area contributed by atoms with Gasteiger partial charge < -0.3 is 10.1 Å². The normalized spacial score (nSPS) is 10.1. The van der Waals surface area contributed by atoms with Gasteiger partial charge in [-0.1, -0.05) is 18.5 Å². The molecule has 3 nitrogen and oxygen atoms in total. The number of nitriles is 1. The molecule has 1 aromatic carbocycles. The van der Waals surface area contributed by atoms with Crippen LogP contribution in [0.15, 0.2) is 29.6 Å². The highest BCUT2D eigenvalue weighted by atomic mass is 35.5. The summed E-state index contributed by atoms with van der Waals surface area (Å²) in [6.07, 6.45) is 0.957. The first-order chi connectivity index (χ1) is 9.72.